The molecule has 0 saturated heterocycles. The molecule has 9 nitrogen and oxygen atoms in total. The summed E-state index contributed by atoms with van der Waals surface area (Å²) in [7, 11) is 0. The molecule has 0 saturated carbocycles. The van der Waals surface area contributed by atoms with Crippen LogP contribution in [0.25, 0.3) is 11.1 Å². The van der Waals surface area contributed by atoms with E-state index in [0.29, 0.717) is 23.7 Å². The van der Waals surface area contributed by atoms with E-state index in [4.69, 9.17) is 13.7 Å². The first-order valence-corrected chi connectivity index (χ1v) is 12.4. The number of aromatic nitrogens is 2. The molecule has 1 amide bonds. The SMILES string of the molecule is Cc1cc(C(=O)NC(C)c2ccco2)ccc1-c1cccc(COc2ccc(Cn3oc(=O)[nH]c3=O)cc2)c1. The highest BCUT2D eigenvalue weighted by Gasteiger charge is 2.15. The number of aryl methyl sites for hydroxylation is 1. The minimum Gasteiger partial charge on any atom is -0.489 e. The van der Waals surface area contributed by atoms with E-state index < -0.39 is 11.4 Å². The maximum Gasteiger partial charge on any atom is 0.440 e. The number of nitrogens with zero attached hydrogens (tertiary/aromatic N) is 1. The van der Waals surface area contributed by atoms with E-state index >= 15 is 0 Å². The molecule has 5 rings (SSSR count). The fraction of sp³-hybridized carbons (Fsp3) is 0.167. The second-order valence-electron chi connectivity index (χ2n) is 9.22. The summed E-state index contributed by atoms with van der Waals surface area (Å²) >= 11 is 0. The van der Waals surface area contributed by atoms with Gasteiger partial charge in [0.05, 0.1) is 18.8 Å². The van der Waals surface area contributed by atoms with Crippen molar-refractivity contribution in [3.63, 3.8) is 0 Å². The molecule has 2 aromatic heterocycles. The van der Waals surface area contributed by atoms with Crippen LogP contribution in [-0.4, -0.2) is 15.6 Å². The first kappa shape index (κ1) is 25.6. The lowest BCUT2D eigenvalue weighted by molar-refractivity contribution is 0.0935. The van der Waals surface area contributed by atoms with Crippen LogP contribution in [0.15, 0.2) is 104 Å². The third kappa shape index (κ3) is 6.10. The summed E-state index contributed by atoms with van der Waals surface area (Å²) in [5, 5.41) is 2.96. The number of ether oxygens (including phenoxy) is 1. The Labute approximate surface area is 223 Å². The number of rotatable bonds is 9. The van der Waals surface area contributed by atoms with Crippen LogP contribution in [0.3, 0.4) is 0 Å². The number of benzene rings is 3. The number of carbonyl (C=O) groups is 1. The summed E-state index contributed by atoms with van der Waals surface area (Å²) in [5.41, 5.74) is 4.82. The van der Waals surface area contributed by atoms with Gasteiger partial charge in [0.2, 0.25) is 0 Å². The zero-order valence-corrected chi connectivity index (χ0v) is 21.5. The lowest BCUT2D eigenvalue weighted by Crippen LogP contribution is -2.26. The Kier molecular flexibility index (Phi) is 7.31. The molecular formula is C30H27N3O6. The van der Waals surface area contributed by atoms with E-state index in [9.17, 15) is 14.4 Å². The van der Waals surface area contributed by atoms with Crippen molar-refractivity contribution in [1.82, 2.24) is 15.0 Å². The molecule has 9 heteroatoms. The van der Waals surface area contributed by atoms with E-state index in [1.807, 2.05) is 68.4 Å². The molecule has 0 bridgehead atoms. The molecule has 0 fully saturated rings. The van der Waals surface area contributed by atoms with Gasteiger partial charge < -0.3 is 19.0 Å². The van der Waals surface area contributed by atoms with Crippen molar-refractivity contribution in [3.05, 3.63) is 134 Å². The molecule has 2 N–H and O–H groups in total. The topological polar surface area (TPSA) is 119 Å². The summed E-state index contributed by atoms with van der Waals surface area (Å²) in [6.07, 6.45) is 1.59. The van der Waals surface area contributed by atoms with Gasteiger partial charge in [-0.2, -0.15) is 0 Å². The monoisotopic (exact) mass is 525 g/mol. The van der Waals surface area contributed by atoms with Crippen LogP contribution in [0, 0.1) is 6.92 Å². The Bertz CT molecular complexity index is 1690. The number of amides is 1. The fourth-order valence-corrected chi connectivity index (χ4v) is 4.29. The van der Waals surface area contributed by atoms with Gasteiger partial charge in [-0.1, -0.05) is 36.4 Å². The number of hydrogen-bond donors (Lipinski definition) is 2. The van der Waals surface area contributed by atoms with Crippen LogP contribution < -0.4 is 21.5 Å². The van der Waals surface area contributed by atoms with Gasteiger partial charge in [0.1, 0.15) is 18.1 Å². The predicted octanol–water partition coefficient (Wildman–Crippen LogP) is 4.82. The van der Waals surface area contributed by atoms with Gasteiger partial charge in [-0.15, -0.1) is 4.74 Å². The fourth-order valence-electron chi connectivity index (χ4n) is 4.29. The highest BCUT2D eigenvalue weighted by atomic mass is 16.5. The molecule has 0 radical (unpaired) electrons. The molecule has 0 spiro atoms. The van der Waals surface area contributed by atoms with Crippen molar-refractivity contribution >= 4 is 5.91 Å². The van der Waals surface area contributed by atoms with Crippen LogP contribution in [0.1, 0.15) is 45.8 Å². The Balaban J connectivity index is 1.22. The highest BCUT2D eigenvalue weighted by molar-refractivity contribution is 5.95. The van der Waals surface area contributed by atoms with Gasteiger partial charge >= 0.3 is 11.4 Å². The first-order valence-electron chi connectivity index (χ1n) is 12.4. The number of aromatic amines is 1. The Hall–Kier alpha value is -5.05. The molecule has 0 aliphatic carbocycles. The van der Waals surface area contributed by atoms with Crippen LogP contribution in [0.2, 0.25) is 0 Å². The predicted molar refractivity (Wildman–Crippen MR) is 145 cm³/mol. The minimum absolute atomic E-state index is 0.142. The van der Waals surface area contributed by atoms with Crippen LogP contribution in [0.4, 0.5) is 0 Å². The van der Waals surface area contributed by atoms with Crippen LogP contribution >= 0.6 is 0 Å². The maximum absolute atomic E-state index is 12.7. The lowest BCUT2D eigenvalue weighted by atomic mass is 9.97. The van der Waals surface area contributed by atoms with E-state index in [1.165, 1.54) is 0 Å². The van der Waals surface area contributed by atoms with E-state index in [-0.39, 0.29) is 18.5 Å². The normalized spacial score (nSPS) is 11.7. The van der Waals surface area contributed by atoms with Crippen molar-refractivity contribution < 1.29 is 18.5 Å². The number of nitrogens with one attached hydrogen (secondary N) is 2. The highest BCUT2D eigenvalue weighted by Crippen LogP contribution is 2.26. The van der Waals surface area contributed by atoms with E-state index in [2.05, 4.69) is 16.4 Å². The standard InChI is InChI=1S/C30H27N3O6/c1-19-15-24(28(34)31-20(2)27-7-4-14-37-27)10-13-26(19)23-6-3-5-22(16-23)18-38-25-11-8-21(9-12-25)17-33-29(35)32-30(36)39-33/h3-16,20H,17-18H2,1-2H3,(H,31,34)(H,32,35,36). The molecule has 5 aromatic rings. The van der Waals surface area contributed by atoms with Crippen LogP contribution in [0.5, 0.6) is 5.75 Å². The van der Waals surface area contributed by atoms with Gasteiger partial charge in [0, 0.05) is 5.56 Å². The summed E-state index contributed by atoms with van der Waals surface area (Å²) in [6.45, 7) is 4.37. The third-order valence-corrected chi connectivity index (χ3v) is 6.33. The molecule has 39 heavy (non-hydrogen) atoms. The van der Waals surface area contributed by atoms with Crippen molar-refractivity contribution in [2.24, 2.45) is 0 Å². The smallest absolute Gasteiger partial charge is 0.440 e. The molecule has 1 atom stereocenters. The van der Waals surface area contributed by atoms with Gasteiger partial charge in [-0.3, -0.25) is 4.79 Å². The van der Waals surface area contributed by atoms with Crippen molar-refractivity contribution in [2.45, 2.75) is 33.0 Å². The summed E-state index contributed by atoms with van der Waals surface area (Å²) in [5.74, 6) is 0.429. The van der Waals surface area contributed by atoms with E-state index in [1.54, 1.807) is 24.5 Å². The van der Waals surface area contributed by atoms with Crippen molar-refractivity contribution in [2.75, 3.05) is 0 Å². The number of furan rings is 1. The number of hydrogen-bond acceptors (Lipinski definition) is 6. The third-order valence-electron chi connectivity index (χ3n) is 6.33. The quantitative estimate of drug-likeness (QED) is 0.285. The van der Waals surface area contributed by atoms with Crippen molar-refractivity contribution in [3.8, 4) is 16.9 Å². The molecular weight excluding hydrogens is 498 g/mol. The van der Waals surface area contributed by atoms with Gasteiger partial charge in [0.25, 0.3) is 5.91 Å². The molecule has 3 aromatic carbocycles. The average Bonchev–Trinajstić information content (AvgIpc) is 3.58. The molecule has 1 unspecified atom stereocenters. The summed E-state index contributed by atoms with van der Waals surface area (Å²) < 4.78 is 17.1. The molecule has 198 valence electrons. The molecule has 0 aliphatic heterocycles. The zero-order valence-electron chi connectivity index (χ0n) is 21.5. The van der Waals surface area contributed by atoms with Gasteiger partial charge in [-0.25, -0.2) is 14.6 Å². The maximum atomic E-state index is 12.7. The molecule has 2 heterocycles. The van der Waals surface area contributed by atoms with Gasteiger partial charge in [-0.05, 0) is 84.1 Å². The Morgan fingerprint density at radius 1 is 1.00 bits per heavy atom. The van der Waals surface area contributed by atoms with Crippen LogP contribution in [-0.2, 0) is 13.2 Å². The Morgan fingerprint density at radius 2 is 1.82 bits per heavy atom. The second-order valence-corrected chi connectivity index (χ2v) is 9.22. The lowest BCUT2D eigenvalue weighted by Gasteiger charge is -2.14. The first-order chi connectivity index (χ1) is 18.9. The number of carbonyl (C=O) groups excluding carboxylic acids is 1. The van der Waals surface area contributed by atoms with E-state index in [0.717, 1.165) is 32.6 Å². The largest absolute Gasteiger partial charge is 0.489 e. The second kappa shape index (κ2) is 11.1. The average molecular weight is 526 g/mol. The molecule has 0 aliphatic rings. The van der Waals surface area contributed by atoms with Gasteiger partial charge in [0.15, 0.2) is 0 Å². The summed E-state index contributed by atoms with van der Waals surface area (Å²) in [4.78, 5) is 37.6. The summed E-state index contributed by atoms with van der Waals surface area (Å²) in [6, 6.07) is 24.3. The van der Waals surface area contributed by atoms with Crippen molar-refractivity contribution in [1.29, 1.82) is 0 Å². The number of H-pyrrole nitrogens is 1. The zero-order chi connectivity index (χ0) is 27.4. The Morgan fingerprint density at radius 3 is 2.51 bits per heavy atom. The minimum atomic E-state index is -0.783.